The molecule has 0 amide bonds. The largest absolute Gasteiger partial charge is 0.434 e. The van der Waals surface area contributed by atoms with E-state index in [1.54, 1.807) is 13.8 Å². The molecule has 0 aromatic heterocycles. The van der Waals surface area contributed by atoms with E-state index in [0.717, 1.165) is 6.42 Å². The first-order valence-electron chi connectivity index (χ1n) is 4.77. The van der Waals surface area contributed by atoms with Crippen LogP contribution in [0, 0.1) is 0 Å². The van der Waals surface area contributed by atoms with Crippen LogP contribution in [0.5, 0.6) is 0 Å². The summed E-state index contributed by atoms with van der Waals surface area (Å²) in [5.74, 6) is -0.402. The van der Waals surface area contributed by atoms with Crippen LogP contribution in [0.2, 0.25) is 0 Å². The van der Waals surface area contributed by atoms with Crippen LogP contribution in [0.4, 0.5) is 0 Å². The topological polar surface area (TPSA) is 44.8 Å². The molecular formula is C10H20O4. The van der Waals surface area contributed by atoms with Crippen molar-refractivity contribution in [2.75, 3.05) is 14.2 Å². The number of carbonyl (C=O) groups is 1. The summed E-state index contributed by atoms with van der Waals surface area (Å²) in [6.07, 6.45) is 1.13. The van der Waals surface area contributed by atoms with Crippen molar-refractivity contribution in [3.05, 3.63) is 0 Å². The van der Waals surface area contributed by atoms with Gasteiger partial charge in [-0.15, -0.1) is 0 Å². The number of hydrogen-bond acceptors (Lipinski definition) is 4. The third-order valence-corrected chi connectivity index (χ3v) is 2.03. The van der Waals surface area contributed by atoms with Crippen molar-refractivity contribution >= 4 is 5.97 Å². The van der Waals surface area contributed by atoms with E-state index < -0.39 is 17.9 Å². The Morgan fingerprint density at radius 1 is 1.36 bits per heavy atom. The quantitative estimate of drug-likeness (QED) is 0.488. The van der Waals surface area contributed by atoms with Crippen LogP contribution < -0.4 is 0 Å². The average molecular weight is 204 g/mol. The second kappa shape index (κ2) is 5.98. The zero-order chi connectivity index (χ0) is 11.2. The number of methoxy groups -OCH3 is 2. The normalized spacial score (nSPS) is 13.8. The van der Waals surface area contributed by atoms with Gasteiger partial charge in [0.15, 0.2) is 5.60 Å². The molecule has 14 heavy (non-hydrogen) atoms. The van der Waals surface area contributed by atoms with Crippen molar-refractivity contribution in [2.45, 2.75) is 45.5 Å². The zero-order valence-corrected chi connectivity index (χ0v) is 9.62. The van der Waals surface area contributed by atoms with Crippen molar-refractivity contribution in [1.29, 1.82) is 0 Å². The Hall–Kier alpha value is -0.610. The van der Waals surface area contributed by atoms with Crippen molar-refractivity contribution in [2.24, 2.45) is 0 Å². The third kappa shape index (κ3) is 4.07. The van der Waals surface area contributed by atoms with Crippen molar-refractivity contribution in [1.82, 2.24) is 0 Å². The molecule has 0 radical (unpaired) electrons. The fraction of sp³-hybridized carbons (Fsp3) is 0.900. The molecule has 0 aliphatic rings. The van der Waals surface area contributed by atoms with Gasteiger partial charge in [0, 0.05) is 20.6 Å². The molecule has 0 aliphatic heterocycles. The maximum absolute atomic E-state index is 11.5. The molecule has 4 nitrogen and oxygen atoms in total. The minimum Gasteiger partial charge on any atom is -0.434 e. The predicted octanol–water partition coefficient (Wildman–Crippen LogP) is 1.73. The Morgan fingerprint density at radius 2 is 1.93 bits per heavy atom. The molecule has 0 aliphatic carbocycles. The van der Waals surface area contributed by atoms with Crippen molar-refractivity contribution in [3.63, 3.8) is 0 Å². The molecule has 0 rings (SSSR count). The fourth-order valence-electron chi connectivity index (χ4n) is 0.805. The van der Waals surface area contributed by atoms with Crippen molar-refractivity contribution < 1.29 is 19.0 Å². The maximum atomic E-state index is 11.5. The van der Waals surface area contributed by atoms with Crippen LogP contribution in [0.15, 0.2) is 0 Å². The highest BCUT2D eigenvalue weighted by Gasteiger charge is 2.30. The van der Waals surface area contributed by atoms with E-state index in [2.05, 4.69) is 0 Å². The van der Waals surface area contributed by atoms with Crippen LogP contribution in [-0.2, 0) is 19.0 Å². The van der Waals surface area contributed by atoms with Crippen molar-refractivity contribution in [3.8, 4) is 0 Å². The Bertz CT molecular complexity index is 177. The number of hydrogen-bond donors (Lipinski definition) is 0. The Balaban J connectivity index is 4.15. The summed E-state index contributed by atoms with van der Waals surface area (Å²) in [6.45, 7) is 5.32. The number of rotatable bonds is 6. The second-order valence-corrected chi connectivity index (χ2v) is 3.57. The molecule has 0 saturated carbocycles. The van der Waals surface area contributed by atoms with E-state index in [-0.39, 0.29) is 0 Å². The van der Waals surface area contributed by atoms with Crippen LogP contribution in [0.1, 0.15) is 33.6 Å². The first-order chi connectivity index (χ1) is 6.47. The van der Waals surface area contributed by atoms with Gasteiger partial charge in [-0.2, -0.15) is 0 Å². The van der Waals surface area contributed by atoms with Gasteiger partial charge in [0.2, 0.25) is 6.29 Å². The van der Waals surface area contributed by atoms with Crippen LogP contribution in [0.25, 0.3) is 0 Å². The van der Waals surface area contributed by atoms with Gasteiger partial charge in [-0.05, 0) is 13.8 Å². The van der Waals surface area contributed by atoms with E-state index in [4.69, 9.17) is 14.2 Å². The lowest BCUT2D eigenvalue weighted by Gasteiger charge is -2.24. The molecule has 0 aromatic carbocycles. The van der Waals surface area contributed by atoms with Gasteiger partial charge in [0.05, 0.1) is 0 Å². The Labute approximate surface area is 85.5 Å². The molecule has 0 saturated heterocycles. The minimum atomic E-state index is -0.912. The van der Waals surface area contributed by atoms with E-state index in [0.29, 0.717) is 6.42 Å². The monoisotopic (exact) mass is 204 g/mol. The average Bonchev–Trinajstić information content (AvgIpc) is 2.16. The Kier molecular flexibility index (Phi) is 5.72. The molecule has 0 aromatic rings. The first kappa shape index (κ1) is 13.4. The SMILES string of the molecule is CCCC(OC)OC(=O)C(C)(C)OC. The van der Waals surface area contributed by atoms with E-state index in [1.165, 1.54) is 14.2 Å². The molecular weight excluding hydrogens is 184 g/mol. The highest BCUT2D eigenvalue weighted by Crippen LogP contribution is 2.13. The standard InChI is InChI=1S/C10H20O4/c1-6-7-8(12-4)14-9(11)10(2,3)13-5/h8H,6-7H2,1-5H3. The molecule has 0 N–H and O–H groups in total. The molecule has 0 fully saturated rings. The lowest BCUT2D eigenvalue weighted by atomic mass is 10.1. The lowest BCUT2D eigenvalue weighted by molar-refractivity contribution is -0.194. The summed E-state index contributed by atoms with van der Waals surface area (Å²) in [4.78, 5) is 11.5. The molecule has 1 atom stereocenters. The smallest absolute Gasteiger partial charge is 0.340 e. The van der Waals surface area contributed by atoms with E-state index in [9.17, 15) is 4.79 Å². The van der Waals surface area contributed by atoms with E-state index in [1.807, 2.05) is 6.92 Å². The van der Waals surface area contributed by atoms with Crippen LogP contribution in [0.3, 0.4) is 0 Å². The number of ether oxygens (including phenoxy) is 3. The molecule has 84 valence electrons. The number of carbonyl (C=O) groups excluding carboxylic acids is 1. The minimum absolute atomic E-state index is 0.402. The van der Waals surface area contributed by atoms with Crippen LogP contribution in [-0.4, -0.2) is 32.1 Å². The van der Waals surface area contributed by atoms with Gasteiger partial charge in [-0.25, -0.2) is 4.79 Å². The zero-order valence-electron chi connectivity index (χ0n) is 9.62. The summed E-state index contributed by atoms with van der Waals surface area (Å²) < 4.78 is 15.1. The summed E-state index contributed by atoms with van der Waals surface area (Å²) in [6, 6.07) is 0. The van der Waals surface area contributed by atoms with Gasteiger partial charge >= 0.3 is 5.97 Å². The molecule has 0 heterocycles. The summed E-state index contributed by atoms with van der Waals surface area (Å²) in [5.41, 5.74) is -0.912. The number of esters is 1. The lowest BCUT2D eigenvalue weighted by Crippen LogP contribution is -2.38. The maximum Gasteiger partial charge on any atom is 0.340 e. The third-order valence-electron chi connectivity index (χ3n) is 2.03. The molecule has 0 spiro atoms. The predicted molar refractivity (Wildman–Crippen MR) is 52.9 cm³/mol. The molecule has 0 bridgehead atoms. The van der Waals surface area contributed by atoms with Gasteiger partial charge in [-0.3, -0.25) is 0 Å². The summed E-state index contributed by atoms with van der Waals surface area (Å²) in [7, 11) is 3.00. The van der Waals surface area contributed by atoms with E-state index >= 15 is 0 Å². The van der Waals surface area contributed by atoms with Gasteiger partial charge in [0.25, 0.3) is 0 Å². The van der Waals surface area contributed by atoms with Gasteiger partial charge in [-0.1, -0.05) is 13.3 Å². The van der Waals surface area contributed by atoms with Gasteiger partial charge in [0.1, 0.15) is 0 Å². The summed E-state index contributed by atoms with van der Waals surface area (Å²) >= 11 is 0. The van der Waals surface area contributed by atoms with Gasteiger partial charge < -0.3 is 14.2 Å². The Morgan fingerprint density at radius 3 is 2.29 bits per heavy atom. The highest BCUT2D eigenvalue weighted by molar-refractivity contribution is 5.78. The molecule has 4 heteroatoms. The fourth-order valence-corrected chi connectivity index (χ4v) is 0.805. The van der Waals surface area contributed by atoms with Crippen LogP contribution >= 0.6 is 0 Å². The second-order valence-electron chi connectivity index (χ2n) is 3.57. The molecule has 1 unspecified atom stereocenters. The summed E-state index contributed by atoms with van der Waals surface area (Å²) in [5, 5.41) is 0. The highest BCUT2D eigenvalue weighted by atomic mass is 16.7. The first-order valence-corrected chi connectivity index (χ1v) is 4.77.